The summed E-state index contributed by atoms with van der Waals surface area (Å²) in [5, 5.41) is 6.00. The zero-order valence-electron chi connectivity index (χ0n) is 15.3. The van der Waals surface area contributed by atoms with Gasteiger partial charge in [0.2, 0.25) is 11.8 Å². The van der Waals surface area contributed by atoms with Crippen molar-refractivity contribution in [1.29, 1.82) is 0 Å². The minimum absolute atomic E-state index is 0.203. The third-order valence-electron chi connectivity index (χ3n) is 4.19. The third kappa shape index (κ3) is 4.55. The quantitative estimate of drug-likeness (QED) is 0.745. The van der Waals surface area contributed by atoms with Gasteiger partial charge in [-0.25, -0.2) is 0 Å². The van der Waals surface area contributed by atoms with Crippen LogP contribution in [0.15, 0.2) is 48.5 Å². The molecular formula is C20H23ClN2O3. The molecule has 1 unspecified atom stereocenters. The SMILES string of the molecule is COc1ccc(NC(=O)C(C)(C)C(=O)NC(C)c2ccccc2)cc1Cl. The summed E-state index contributed by atoms with van der Waals surface area (Å²) >= 11 is 6.07. The van der Waals surface area contributed by atoms with E-state index in [1.54, 1.807) is 32.0 Å². The first kappa shape index (κ1) is 19.8. The number of ether oxygens (including phenoxy) is 1. The maximum absolute atomic E-state index is 12.6. The zero-order chi connectivity index (χ0) is 19.3. The molecule has 2 N–H and O–H groups in total. The molecule has 2 aromatic rings. The van der Waals surface area contributed by atoms with Crippen molar-refractivity contribution < 1.29 is 14.3 Å². The largest absolute Gasteiger partial charge is 0.495 e. The zero-order valence-corrected chi connectivity index (χ0v) is 16.1. The van der Waals surface area contributed by atoms with Gasteiger partial charge in [0.05, 0.1) is 18.2 Å². The Morgan fingerprint density at radius 2 is 1.73 bits per heavy atom. The van der Waals surface area contributed by atoms with E-state index in [1.807, 2.05) is 37.3 Å². The van der Waals surface area contributed by atoms with E-state index in [0.29, 0.717) is 16.5 Å². The van der Waals surface area contributed by atoms with Gasteiger partial charge in [-0.1, -0.05) is 41.9 Å². The van der Waals surface area contributed by atoms with Crippen LogP contribution >= 0.6 is 11.6 Å². The second-order valence-electron chi connectivity index (χ2n) is 6.53. The molecule has 0 spiro atoms. The molecule has 0 fully saturated rings. The van der Waals surface area contributed by atoms with Gasteiger partial charge in [0.25, 0.3) is 0 Å². The molecule has 2 amide bonds. The standard InChI is InChI=1S/C20H23ClN2O3/c1-13(14-8-6-5-7-9-14)22-18(24)20(2,3)19(25)23-15-10-11-17(26-4)16(21)12-15/h5-13H,1-4H3,(H,22,24)(H,23,25). The van der Waals surface area contributed by atoms with Crippen molar-refractivity contribution in [2.24, 2.45) is 5.41 Å². The van der Waals surface area contributed by atoms with E-state index in [0.717, 1.165) is 5.56 Å². The fourth-order valence-electron chi connectivity index (χ4n) is 2.34. The first-order chi connectivity index (χ1) is 12.3. The monoisotopic (exact) mass is 374 g/mol. The summed E-state index contributed by atoms with van der Waals surface area (Å²) in [5.41, 5.74) is 0.215. The number of carbonyl (C=O) groups excluding carboxylic acids is 2. The van der Waals surface area contributed by atoms with Gasteiger partial charge in [0.15, 0.2) is 0 Å². The summed E-state index contributed by atoms with van der Waals surface area (Å²) in [4.78, 5) is 25.2. The molecule has 2 aromatic carbocycles. The van der Waals surface area contributed by atoms with Gasteiger partial charge >= 0.3 is 0 Å². The van der Waals surface area contributed by atoms with E-state index in [4.69, 9.17) is 16.3 Å². The molecule has 0 saturated carbocycles. The summed E-state index contributed by atoms with van der Waals surface area (Å²) in [6.07, 6.45) is 0. The number of benzene rings is 2. The first-order valence-electron chi connectivity index (χ1n) is 8.26. The lowest BCUT2D eigenvalue weighted by molar-refractivity contribution is -0.138. The highest BCUT2D eigenvalue weighted by molar-refractivity contribution is 6.32. The molecule has 0 radical (unpaired) electrons. The van der Waals surface area contributed by atoms with Crippen LogP contribution in [0.4, 0.5) is 5.69 Å². The van der Waals surface area contributed by atoms with E-state index in [1.165, 1.54) is 7.11 Å². The molecule has 2 rings (SSSR count). The van der Waals surface area contributed by atoms with Crippen LogP contribution in [0.5, 0.6) is 5.75 Å². The Labute approximate surface area is 158 Å². The molecule has 6 heteroatoms. The molecule has 0 heterocycles. The smallest absolute Gasteiger partial charge is 0.239 e. The van der Waals surface area contributed by atoms with Gasteiger partial charge in [0.1, 0.15) is 11.2 Å². The fraction of sp³-hybridized carbons (Fsp3) is 0.300. The van der Waals surface area contributed by atoms with Gasteiger partial charge in [-0.3, -0.25) is 9.59 Å². The molecule has 0 saturated heterocycles. The topological polar surface area (TPSA) is 67.4 Å². The highest BCUT2D eigenvalue weighted by Crippen LogP contribution is 2.28. The van der Waals surface area contributed by atoms with Gasteiger partial charge in [-0.15, -0.1) is 0 Å². The van der Waals surface area contributed by atoms with Crippen LogP contribution in [0.2, 0.25) is 5.02 Å². The van der Waals surface area contributed by atoms with Crippen molar-refractivity contribution in [2.75, 3.05) is 12.4 Å². The van der Waals surface area contributed by atoms with E-state index >= 15 is 0 Å². The molecular weight excluding hydrogens is 352 g/mol. The summed E-state index contributed by atoms with van der Waals surface area (Å²) in [7, 11) is 1.51. The Balaban J connectivity index is 2.06. The predicted octanol–water partition coefficient (Wildman–Crippen LogP) is 4.19. The molecule has 138 valence electrons. The minimum Gasteiger partial charge on any atom is -0.495 e. The number of anilines is 1. The Bertz CT molecular complexity index is 791. The van der Waals surface area contributed by atoms with E-state index < -0.39 is 11.3 Å². The fourth-order valence-corrected chi connectivity index (χ4v) is 2.59. The van der Waals surface area contributed by atoms with E-state index in [-0.39, 0.29) is 11.9 Å². The predicted molar refractivity (Wildman–Crippen MR) is 103 cm³/mol. The highest BCUT2D eigenvalue weighted by Gasteiger charge is 2.36. The molecule has 0 aliphatic carbocycles. The molecule has 5 nitrogen and oxygen atoms in total. The lowest BCUT2D eigenvalue weighted by Crippen LogP contribution is -2.45. The van der Waals surface area contributed by atoms with Gasteiger partial charge < -0.3 is 15.4 Å². The summed E-state index contributed by atoms with van der Waals surface area (Å²) < 4.78 is 5.09. The maximum Gasteiger partial charge on any atom is 0.239 e. The van der Waals surface area contributed by atoms with E-state index in [9.17, 15) is 9.59 Å². The summed E-state index contributed by atoms with van der Waals surface area (Å²) in [6.45, 7) is 5.05. The molecule has 1 atom stereocenters. The number of hydrogen-bond donors (Lipinski definition) is 2. The van der Waals surface area contributed by atoms with E-state index in [2.05, 4.69) is 10.6 Å². The molecule has 0 bridgehead atoms. The average molecular weight is 375 g/mol. The average Bonchev–Trinajstić information content (AvgIpc) is 2.62. The number of methoxy groups -OCH3 is 1. The maximum atomic E-state index is 12.6. The van der Waals surface area contributed by atoms with Gasteiger partial charge in [-0.05, 0) is 44.5 Å². The van der Waals surface area contributed by atoms with Crippen LogP contribution in [-0.2, 0) is 9.59 Å². The normalized spacial score (nSPS) is 12.2. The second-order valence-corrected chi connectivity index (χ2v) is 6.94. The number of amides is 2. The number of carbonyl (C=O) groups is 2. The van der Waals surface area contributed by atoms with Gasteiger partial charge in [-0.2, -0.15) is 0 Å². The van der Waals surface area contributed by atoms with Crippen molar-refractivity contribution in [3.05, 3.63) is 59.1 Å². The molecule has 26 heavy (non-hydrogen) atoms. The van der Waals surface area contributed by atoms with Crippen molar-refractivity contribution in [3.63, 3.8) is 0 Å². The Morgan fingerprint density at radius 3 is 2.31 bits per heavy atom. The van der Waals surface area contributed by atoms with Crippen LogP contribution in [0.3, 0.4) is 0 Å². The van der Waals surface area contributed by atoms with Crippen LogP contribution in [0.1, 0.15) is 32.4 Å². The third-order valence-corrected chi connectivity index (χ3v) is 4.49. The second kappa shape index (κ2) is 8.23. The summed E-state index contributed by atoms with van der Waals surface area (Å²) in [5.74, 6) is -0.263. The van der Waals surface area contributed by atoms with Crippen molar-refractivity contribution in [3.8, 4) is 5.75 Å². The van der Waals surface area contributed by atoms with Gasteiger partial charge in [0, 0.05) is 5.69 Å². The van der Waals surface area contributed by atoms with Crippen LogP contribution < -0.4 is 15.4 Å². The number of hydrogen-bond acceptors (Lipinski definition) is 3. The van der Waals surface area contributed by atoms with Crippen LogP contribution in [0, 0.1) is 5.41 Å². The number of nitrogens with one attached hydrogen (secondary N) is 2. The molecule has 0 aromatic heterocycles. The minimum atomic E-state index is -1.25. The summed E-state index contributed by atoms with van der Waals surface area (Å²) in [6, 6.07) is 14.3. The lowest BCUT2D eigenvalue weighted by Gasteiger charge is -2.25. The number of rotatable bonds is 6. The highest BCUT2D eigenvalue weighted by atomic mass is 35.5. The first-order valence-corrected chi connectivity index (χ1v) is 8.64. The number of halogens is 1. The molecule has 0 aliphatic rings. The molecule has 0 aliphatic heterocycles. The Hall–Kier alpha value is -2.53. The van der Waals surface area contributed by atoms with Crippen molar-refractivity contribution in [2.45, 2.75) is 26.8 Å². The Kier molecular flexibility index (Phi) is 6.27. The van der Waals surface area contributed by atoms with Crippen LogP contribution in [0.25, 0.3) is 0 Å². The lowest BCUT2D eigenvalue weighted by atomic mass is 9.90. The Morgan fingerprint density at radius 1 is 1.08 bits per heavy atom. The van der Waals surface area contributed by atoms with Crippen molar-refractivity contribution in [1.82, 2.24) is 5.32 Å². The van der Waals surface area contributed by atoms with Crippen LogP contribution in [-0.4, -0.2) is 18.9 Å². The van der Waals surface area contributed by atoms with Crippen molar-refractivity contribution >= 4 is 29.1 Å².